The lowest BCUT2D eigenvalue weighted by Crippen LogP contribution is -2.34. The average Bonchev–Trinajstić information content (AvgIpc) is 2.58. The lowest BCUT2D eigenvalue weighted by molar-refractivity contribution is -0.121. The smallest absolute Gasteiger partial charge is 0.221 e. The van der Waals surface area contributed by atoms with Crippen LogP contribution in [-0.2, 0) is 18.3 Å². The number of carbonyl (C=O) groups is 1. The normalized spacial score (nSPS) is 21.0. The maximum atomic E-state index is 11.4. The highest BCUT2D eigenvalue weighted by molar-refractivity contribution is 5.76. The van der Waals surface area contributed by atoms with E-state index >= 15 is 0 Å². The van der Waals surface area contributed by atoms with E-state index in [1.54, 1.807) is 6.33 Å². The Hall–Kier alpha value is -1.43. The van der Waals surface area contributed by atoms with Crippen molar-refractivity contribution in [1.29, 1.82) is 0 Å². The van der Waals surface area contributed by atoms with Gasteiger partial charge in [-0.3, -0.25) is 4.79 Å². The Morgan fingerprint density at radius 3 is 3.29 bits per heavy atom. The van der Waals surface area contributed by atoms with Crippen LogP contribution in [0.5, 0.6) is 0 Å². The van der Waals surface area contributed by atoms with Crippen molar-refractivity contribution in [2.24, 2.45) is 7.05 Å². The van der Waals surface area contributed by atoms with Crippen LogP contribution >= 0.6 is 0 Å². The molecule has 1 fully saturated rings. The molecule has 1 aliphatic rings. The number of rotatable bonds is 4. The molecule has 1 unspecified atom stereocenters. The van der Waals surface area contributed by atoms with Crippen LogP contribution in [0.1, 0.15) is 25.1 Å². The second kappa shape index (κ2) is 5.77. The number of aryl methyl sites for hydroxylation is 1. The van der Waals surface area contributed by atoms with Gasteiger partial charge in [0.2, 0.25) is 5.91 Å². The van der Waals surface area contributed by atoms with Crippen LogP contribution in [0.3, 0.4) is 0 Å². The summed E-state index contributed by atoms with van der Waals surface area (Å²) >= 11 is 0. The lowest BCUT2D eigenvalue weighted by atomic mass is 10.1. The van der Waals surface area contributed by atoms with Crippen molar-refractivity contribution in [3.8, 4) is 0 Å². The van der Waals surface area contributed by atoms with E-state index in [2.05, 4.69) is 20.8 Å². The predicted octanol–water partition coefficient (Wildman–Crippen LogP) is -0.384. The van der Waals surface area contributed by atoms with Crippen LogP contribution in [0.15, 0.2) is 6.33 Å². The van der Waals surface area contributed by atoms with E-state index in [0.717, 1.165) is 38.2 Å². The van der Waals surface area contributed by atoms with E-state index in [1.165, 1.54) is 0 Å². The van der Waals surface area contributed by atoms with Gasteiger partial charge in [0.05, 0.1) is 0 Å². The van der Waals surface area contributed by atoms with Crippen LogP contribution in [0.25, 0.3) is 0 Å². The van der Waals surface area contributed by atoms with Gasteiger partial charge in [0, 0.05) is 39.0 Å². The Labute approximate surface area is 101 Å². The molecule has 1 saturated heterocycles. The first-order valence-electron chi connectivity index (χ1n) is 6.08. The highest BCUT2D eigenvalue weighted by Gasteiger charge is 2.16. The molecule has 0 aromatic carbocycles. The van der Waals surface area contributed by atoms with Crippen molar-refractivity contribution in [3.05, 3.63) is 12.2 Å². The third-order valence-electron chi connectivity index (χ3n) is 3.07. The van der Waals surface area contributed by atoms with Crippen LogP contribution in [0, 0.1) is 0 Å². The molecule has 94 valence electrons. The summed E-state index contributed by atoms with van der Waals surface area (Å²) in [6.07, 6.45) is 5.23. The van der Waals surface area contributed by atoms with Gasteiger partial charge < -0.3 is 15.2 Å². The molecule has 2 rings (SSSR count). The molecular formula is C11H19N5O. The number of amides is 1. The largest absolute Gasteiger partial charge is 0.356 e. The molecule has 1 aliphatic heterocycles. The van der Waals surface area contributed by atoms with Crippen molar-refractivity contribution in [3.63, 3.8) is 0 Å². The summed E-state index contributed by atoms with van der Waals surface area (Å²) in [6.45, 7) is 1.64. The van der Waals surface area contributed by atoms with Gasteiger partial charge in [0.1, 0.15) is 12.2 Å². The zero-order valence-electron chi connectivity index (χ0n) is 10.1. The first-order chi connectivity index (χ1) is 8.25. The Bertz CT molecular complexity index is 376. The van der Waals surface area contributed by atoms with Gasteiger partial charge in [0.25, 0.3) is 0 Å². The molecule has 0 spiro atoms. The fourth-order valence-electron chi connectivity index (χ4n) is 2.07. The Morgan fingerprint density at radius 2 is 2.53 bits per heavy atom. The van der Waals surface area contributed by atoms with Gasteiger partial charge in [-0.25, -0.2) is 0 Å². The Kier molecular flexibility index (Phi) is 4.08. The molecule has 6 heteroatoms. The SMILES string of the molecule is Cn1cnnc1CCNC1CCCNC(=O)C1. The third-order valence-corrected chi connectivity index (χ3v) is 3.07. The second-order valence-corrected chi connectivity index (χ2v) is 4.46. The van der Waals surface area contributed by atoms with Crippen molar-refractivity contribution in [2.45, 2.75) is 31.7 Å². The molecule has 1 atom stereocenters. The summed E-state index contributed by atoms with van der Waals surface area (Å²) in [5.74, 6) is 1.12. The van der Waals surface area contributed by atoms with Gasteiger partial charge in [-0.05, 0) is 12.8 Å². The minimum absolute atomic E-state index is 0.152. The summed E-state index contributed by atoms with van der Waals surface area (Å²) in [6, 6.07) is 0.297. The maximum absolute atomic E-state index is 11.4. The van der Waals surface area contributed by atoms with E-state index in [4.69, 9.17) is 0 Å². The van der Waals surface area contributed by atoms with E-state index in [0.29, 0.717) is 12.5 Å². The summed E-state index contributed by atoms with van der Waals surface area (Å²) in [4.78, 5) is 11.4. The molecule has 1 aromatic rings. The second-order valence-electron chi connectivity index (χ2n) is 4.46. The average molecular weight is 237 g/mol. The topological polar surface area (TPSA) is 71.8 Å². The van der Waals surface area contributed by atoms with Crippen LogP contribution in [0.2, 0.25) is 0 Å². The monoisotopic (exact) mass is 237 g/mol. The minimum atomic E-state index is 0.152. The van der Waals surface area contributed by atoms with Crippen molar-refractivity contribution < 1.29 is 4.79 Å². The summed E-state index contributed by atoms with van der Waals surface area (Å²) in [5, 5.41) is 14.2. The quantitative estimate of drug-likeness (QED) is 0.748. The van der Waals surface area contributed by atoms with Crippen LogP contribution in [0.4, 0.5) is 0 Å². The molecule has 6 nitrogen and oxygen atoms in total. The fourth-order valence-corrected chi connectivity index (χ4v) is 2.07. The van der Waals surface area contributed by atoms with Gasteiger partial charge in [-0.15, -0.1) is 10.2 Å². The molecule has 2 N–H and O–H groups in total. The highest BCUT2D eigenvalue weighted by Crippen LogP contribution is 2.05. The summed E-state index contributed by atoms with van der Waals surface area (Å²) in [5.41, 5.74) is 0. The van der Waals surface area contributed by atoms with Crippen LogP contribution < -0.4 is 10.6 Å². The number of nitrogens with one attached hydrogen (secondary N) is 2. The van der Waals surface area contributed by atoms with E-state index in [-0.39, 0.29) is 5.91 Å². The number of nitrogens with zero attached hydrogens (tertiary/aromatic N) is 3. The molecule has 1 amide bonds. The first-order valence-corrected chi connectivity index (χ1v) is 6.08. The molecule has 2 heterocycles. The minimum Gasteiger partial charge on any atom is -0.356 e. The molecule has 17 heavy (non-hydrogen) atoms. The third kappa shape index (κ3) is 3.52. The molecule has 0 bridgehead atoms. The van der Waals surface area contributed by atoms with Crippen molar-refractivity contribution >= 4 is 5.91 Å². The van der Waals surface area contributed by atoms with E-state index in [1.807, 2.05) is 11.6 Å². The van der Waals surface area contributed by atoms with Gasteiger partial charge >= 0.3 is 0 Å². The summed E-state index contributed by atoms with van der Waals surface area (Å²) in [7, 11) is 1.94. The summed E-state index contributed by atoms with van der Waals surface area (Å²) < 4.78 is 1.92. The van der Waals surface area contributed by atoms with Gasteiger partial charge in [-0.2, -0.15) is 0 Å². The van der Waals surface area contributed by atoms with Gasteiger partial charge in [0.15, 0.2) is 0 Å². The molecule has 1 aromatic heterocycles. The number of aromatic nitrogens is 3. The maximum Gasteiger partial charge on any atom is 0.221 e. The van der Waals surface area contributed by atoms with Crippen molar-refractivity contribution in [1.82, 2.24) is 25.4 Å². The van der Waals surface area contributed by atoms with Crippen LogP contribution in [-0.4, -0.2) is 39.8 Å². The zero-order valence-corrected chi connectivity index (χ0v) is 10.1. The molecule has 0 aliphatic carbocycles. The fraction of sp³-hybridized carbons (Fsp3) is 0.727. The Balaban J connectivity index is 1.74. The van der Waals surface area contributed by atoms with Crippen molar-refractivity contribution in [2.75, 3.05) is 13.1 Å². The number of hydrogen-bond acceptors (Lipinski definition) is 4. The molecule has 0 saturated carbocycles. The Morgan fingerprint density at radius 1 is 1.65 bits per heavy atom. The predicted molar refractivity (Wildman–Crippen MR) is 63.4 cm³/mol. The molecule has 0 radical (unpaired) electrons. The van der Waals surface area contributed by atoms with E-state index < -0.39 is 0 Å². The zero-order chi connectivity index (χ0) is 12.1. The van der Waals surface area contributed by atoms with Gasteiger partial charge in [-0.1, -0.05) is 0 Å². The standard InChI is InChI=1S/C11H19N5O/c1-16-8-14-15-10(16)4-6-12-9-3-2-5-13-11(17)7-9/h8-9,12H,2-7H2,1H3,(H,13,17). The number of carbonyl (C=O) groups excluding carboxylic acids is 1. The molecular weight excluding hydrogens is 218 g/mol. The number of hydrogen-bond donors (Lipinski definition) is 2. The highest BCUT2D eigenvalue weighted by atomic mass is 16.1. The van der Waals surface area contributed by atoms with E-state index in [9.17, 15) is 4.79 Å². The first kappa shape index (κ1) is 12.0. The lowest BCUT2D eigenvalue weighted by Gasteiger charge is -2.14.